The molecule has 0 aliphatic carbocycles. The van der Waals surface area contributed by atoms with Gasteiger partial charge in [-0.1, -0.05) is 81.4 Å². The van der Waals surface area contributed by atoms with E-state index in [4.69, 9.17) is 13.9 Å². The quantitative estimate of drug-likeness (QED) is 0.366. The van der Waals surface area contributed by atoms with E-state index in [-0.39, 0.29) is 5.04 Å². The van der Waals surface area contributed by atoms with Gasteiger partial charge in [0, 0.05) is 0 Å². The second-order valence-corrected chi connectivity index (χ2v) is 13.6. The molecule has 0 bridgehead atoms. The summed E-state index contributed by atoms with van der Waals surface area (Å²) < 4.78 is 18.4. The minimum Gasteiger partial charge on any atom is -0.414 e. The highest BCUT2D eigenvalue weighted by atomic mass is 28.4. The van der Waals surface area contributed by atoms with Gasteiger partial charge in [0.15, 0.2) is 14.6 Å². The Morgan fingerprint density at radius 2 is 1.34 bits per heavy atom. The van der Waals surface area contributed by atoms with Crippen LogP contribution in [-0.4, -0.2) is 33.4 Å². The molecule has 0 saturated heterocycles. The van der Waals surface area contributed by atoms with E-state index in [1.54, 1.807) is 0 Å². The largest absolute Gasteiger partial charge is 0.414 e. The molecule has 0 saturated carbocycles. The number of carbonyl (C=O) groups excluding carboxylic acids is 1. The second-order valence-electron chi connectivity index (χ2n) is 8.80. The number of hydrogen-bond acceptors (Lipinski definition) is 4. The van der Waals surface area contributed by atoms with Gasteiger partial charge in [0.2, 0.25) is 0 Å². The van der Waals surface area contributed by atoms with Crippen molar-refractivity contribution in [1.82, 2.24) is 0 Å². The Balaban J connectivity index is 2.07. The summed E-state index contributed by atoms with van der Waals surface area (Å²) >= 11 is 0. The van der Waals surface area contributed by atoms with Crippen LogP contribution in [0, 0.1) is 0 Å². The van der Waals surface area contributed by atoms with E-state index in [1.165, 1.54) is 0 Å². The SMILES string of the molecule is CC(C)(C)[Si](C)(C)OC[C@H](OCc1ccccc1)[C@H](C=O)OCc1ccccc1. The van der Waals surface area contributed by atoms with Crippen LogP contribution in [0.25, 0.3) is 0 Å². The number of ether oxygens (including phenoxy) is 2. The molecule has 29 heavy (non-hydrogen) atoms. The van der Waals surface area contributed by atoms with Crippen LogP contribution in [0.15, 0.2) is 60.7 Å². The Morgan fingerprint density at radius 3 is 1.79 bits per heavy atom. The lowest BCUT2D eigenvalue weighted by molar-refractivity contribution is -0.136. The molecular weight excluding hydrogens is 380 g/mol. The zero-order valence-electron chi connectivity index (χ0n) is 18.3. The van der Waals surface area contributed by atoms with E-state index in [2.05, 4.69) is 33.9 Å². The van der Waals surface area contributed by atoms with E-state index in [9.17, 15) is 4.79 Å². The Kier molecular flexibility index (Phi) is 8.77. The van der Waals surface area contributed by atoms with Crippen molar-refractivity contribution in [2.24, 2.45) is 0 Å². The van der Waals surface area contributed by atoms with Crippen LogP contribution in [0.1, 0.15) is 31.9 Å². The minimum absolute atomic E-state index is 0.0819. The normalized spacial score (nSPS) is 14.4. The lowest BCUT2D eigenvalue weighted by atomic mass is 10.2. The number of hydrogen-bond donors (Lipinski definition) is 0. The monoisotopic (exact) mass is 414 g/mol. The molecule has 0 spiro atoms. The average Bonchev–Trinajstić information content (AvgIpc) is 2.70. The fourth-order valence-electron chi connectivity index (χ4n) is 2.52. The molecule has 0 radical (unpaired) electrons. The van der Waals surface area contributed by atoms with E-state index < -0.39 is 20.5 Å². The highest BCUT2D eigenvalue weighted by molar-refractivity contribution is 6.74. The summed E-state index contributed by atoms with van der Waals surface area (Å²) in [6, 6.07) is 19.8. The summed E-state index contributed by atoms with van der Waals surface area (Å²) in [4.78, 5) is 11.9. The second kappa shape index (κ2) is 10.8. The average molecular weight is 415 g/mol. The van der Waals surface area contributed by atoms with Crippen molar-refractivity contribution < 1.29 is 18.7 Å². The molecule has 0 aliphatic rings. The standard InChI is InChI=1S/C24H34O4Si/c1-24(2,3)29(4,5)28-19-23(27-18-21-14-10-7-11-15-21)22(16-25)26-17-20-12-8-6-9-13-20/h6-16,22-23H,17-19H2,1-5H3/t22-,23-/m0/s1. The molecule has 0 aliphatic heterocycles. The van der Waals surface area contributed by atoms with Crippen molar-refractivity contribution in [1.29, 1.82) is 0 Å². The molecule has 158 valence electrons. The number of carbonyl (C=O) groups is 1. The maximum absolute atomic E-state index is 11.9. The van der Waals surface area contributed by atoms with Crippen LogP contribution in [0.5, 0.6) is 0 Å². The molecular formula is C24H34O4Si. The Bertz CT molecular complexity index is 726. The summed E-state index contributed by atoms with van der Waals surface area (Å²) in [5.41, 5.74) is 2.07. The van der Waals surface area contributed by atoms with Crippen LogP contribution < -0.4 is 0 Å². The summed E-state index contributed by atoms with van der Waals surface area (Å²) in [5.74, 6) is 0. The van der Waals surface area contributed by atoms with E-state index in [0.717, 1.165) is 17.4 Å². The third-order valence-electron chi connectivity index (χ3n) is 5.51. The van der Waals surface area contributed by atoms with Gasteiger partial charge >= 0.3 is 0 Å². The fourth-order valence-corrected chi connectivity index (χ4v) is 3.54. The van der Waals surface area contributed by atoms with Gasteiger partial charge in [-0.25, -0.2) is 0 Å². The topological polar surface area (TPSA) is 44.8 Å². The molecule has 0 fully saturated rings. The van der Waals surface area contributed by atoms with Gasteiger partial charge in [-0.15, -0.1) is 0 Å². The zero-order valence-corrected chi connectivity index (χ0v) is 19.3. The van der Waals surface area contributed by atoms with Gasteiger partial charge in [-0.05, 0) is 29.3 Å². The molecule has 0 unspecified atom stereocenters. The summed E-state index contributed by atoms with van der Waals surface area (Å²) in [6.07, 6.45) is -0.331. The Hall–Kier alpha value is -1.79. The molecule has 4 nitrogen and oxygen atoms in total. The van der Waals surface area contributed by atoms with Gasteiger partial charge in [-0.2, -0.15) is 0 Å². The van der Waals surface area contributed by atoms with Crippen LogP contribution >= 0.6 is 0 Å². The molecule has 2 rings (SSSR count). The predicted octanol–water partition coefficient (Wildman–Crippen LogP) is 5.38. The summed E-state index contributed by atoms with van der Waals surface area (Å²) in [7, 11) is -1.97. The first-order valence-corrected chi connectivity index (χ1v) is 13.0. The van der Waals surface area contributed by atoms with Gasteiger partial charge < -0.3 is 18.7 Å². The molecule has 2 aromatic rings. The van der Waals surface area contributed by atoms with Gasteiger partial charge in [0.05, 0.1) is 19.8 Å². The van der Waals surface area contributed by atoms with Gasteiger partial charge in [-0.3, -0.25) is 0 Å². The first kappa shape index (κ1) is 23.5. The first-order chi connectivity index (χ1) is 13.7. The van der Waals surface area contributed by atoms with Crippen molar-refractivity contribution in [2.45, 2.75) is 64.3 Å². The highest BCUT2D eigenvalue weighted by Gasteiger charge is 2.38. The van der Waals surface area contributed by atoms with Crippen molar-refractivity contribution in [3.8, 4) is 0 Å². The molecule has 2 aromatic carbocycles. The number of aldehydes is 1. The van der Waals surface area contributed by atoms with Crippen molar-refractivity contribution >= 4 is 14.6 Å². The Morgan fingerprint density at radius 1 is 0.862 bits per heavy atom. The smallest absolute Gasteiger partial charge is 0.192 e. The van der Waals surface area contributed by atoms with Crippen molar-refractivity contribution in [2.75, 3.05) is 6.61 Å². The number of rotatable bonds is 11. The van der Waals surface area contributed by atoms with Gasteiger partial charge in [0.25, 0.3) is 0 Å². The first-order valence-electron chi connectivity index (χ1n) is 10.1. The van der Waals surface area contributed by atoms with Crippen molar-refractivity contribution in [3.05, 3.63) is 71.8 Å². The highest BCUT2D eigenvalue weighted by Crippen LogP contribution is 2.36. The minimum atomic E-state index is -1.97. The maximum Gasteiger partial charge on any atom is 0.192 e. The van der Waals surface area contributed by atoms with Gasteiger partial charge in [0.1, 0.15) is 12.2 Å². The molecule has 5 heteroatoms. The zero-order chi connectivity index (χ0) is 21.3. The van der Waals surface area contributed by atoms with Crippen LogP contribution in [0.4, 0.5) is 0 Å². The Labute approximate surface area is 176 Å². The van der Waals surface area contributed by atoms with Crippen LogP contribution in [-0.2, 0) is 31.9 Å². The third-order valence-corrected chi connectivity index (χ3v) is 10.0. The predicted molar refractivity (Wildman–Crippen MR) is 119 cm³/mol. The summed E-state index contributed by atoms with van der Waals surface area (Å²) in [5, 5.41) is 0.0819. The van der Waals surface area contributed by atoms with Crippen LogP contribution in [0.3, 0.4) is 0 Å². The molecule has 0 amide bonds. The van der Waals surface area contributed by atoms with E-state index in [0.29, 0.717) is 19.8 Å². The molecule has 0 aromatic heterocycles. The lowest BCUT2D eigenvalue weighted by Crippen LogP contribution is -2.46. The van der Waals surface area contributed by atoms with E-state index in [1.807, 2.05) is 60.7 Å². The maximum atomic E-state index is 11.9. The van der Waals surface area contributed by atoms with Crippen molar-refractivity contribution in [3.63, 3.8) is 0 Å². The number of benzene rings is 2. The van der Waals surface area contributed by atoms with E-state index >= 15 is 0 Å². The lowest BCUT2D eigenvalue weighted by Gasteiger charge is -2.37. The molecule has 0 heterocycles. The van der Waals surface area contributed by atoms with Crippen LogP contribution in [0.2, 0.25) is 18.1 Å². The fraction of sp³-hybridized carbons (Fsp3) is 0.458. The summed E-state index contributed by atoms with van der Waals surface area (Å²) in [6.45, 7) is 12.1. The third kappa shape index (κ3) is 7.51. The molecule has 0 N–H and O–H groups in total. The molecule has 2 atom stereocenters.